The Morgan fingerprint density at radius 3 is 2.71 bits per heavy atom. The Balaban J connectivity index is 1.88. The molecule has 0 spiro atoms. The number of ether oxygens (including phenoxy) is 1. The molecule has 0 aliphatic carbocycles. The normalized spacial score (nSPS) is 15.9. The second-order valence-electron chi connectivity index (χ2n) is 5.52. The van der Waals surface area contributed by atoms with Gasteiger partial charge in [0, 0.05) is 31.9 Å². The smallest absolute Gasteiger partial charge is 0.240 e. The SMILES string of the molecule is CNS(=O)(=O)c1cc(NC(=S)NCCN2CCOCC2)ccc1C. The van der Waals surface area contributed by atoms with Crippen molar-refractivity contribution in [2.24, 2.45) is 0 Å². The monoisotopic (exact) mass is 372 g/mol. The fraction of sp³-hybridized carbons (Fsp3) is 0.533. The molecular weight excluding hydrogens is 348 g/mol. The molecule has 24 heavy (non-hydrogen) atoms. The van der Waals surface area contributed by atoms with Crippen molar-refractivity contribution < 1.29 is 13.2 Å². The lowest BCUT2D eigenvalue weighted by Gasteiger charge is -2.26. The average Bonchev–Trinajstić information content (AvgIpc) is 2.57. The van der Waals surface area contributed by atoms with Gasteiger partial charge in [0.05, 0.1) is 18.1 Å². The van der Waals surface area contributed by atoms with Gasteiger partial charge in [0.25, 0.3) is 0 Å². The predicted molar refractivity (Wildman–Crippen MR) is 98.9 cm³/mol. The summed E-state index contributed by atoms with van der Waals surface area (Å²) in [6.45, 7) is 6.78. The lowest BCUT2D eigenvalue weighted by molar-refractivity contribution is 0.0389. The Kier molecular flexibility index (Phi) is 6.93. The Bertz CT molecular complexity index is 673. The third-order valence-electron chi connectivity index (χ3n) is 3.82. The van der Waals surface area contributed by atoms with E-state index in [1.54, 1.807) is 25.1 Å². The number of hydrogen-bond acceptors (Lipinski definition) is 5. The van der Waals surface area contributed by atoms with Crippen LogP contribution in [0, 0.1) is 6.92 Å². The second-order valence-corrected chi connectivity index (χ2v) is 7.79. The summed E-state index contributed by atoms with van der Waals surface area (Å²) in [5, 5.41) is 6.64. The van der Waals surface area contributed by atoms with Crippen LogP contribution in [-0.4, -0.2) is 64.9 Å². The molecule has 1 heterocycles. The highest BCUT2D eigenvalue weighted by molar-refractivity contribution is 7.89. The van der Waals surface area contributed by atoms with Crippen LogP contribution in [0.15, 0.2) is 23.1 Å². The number of aryl methyl sites for hydroxylation is 1. The van der Waals surface area contributed by atoms with Gasteiger partial charge < -0.3 is 15.4 Å². The van der Waals surface area contributed by atoms with E-state index < -0.39 is 10.0 Å². The molecule has 0 atom stereocenters. The maximum absolute atomic E-state index is 12.0. The zero-order chi connectivity index (χ0) is 17.6. The highest BCUT2D eigenvalue weighted by Crippen LogP contribution is 2.19. The fourth-order valence-electron chi connectivity index (χ4n) is 2.40. The van der Waals surface area contributed by atoms with Crippen LogP contribution in [0.2, 0.25) is 0 Å². The van der Waals surface area contributed by atoms with Gasteiger partial charge in [-0.3, -0.25) is 4.90 Å². The Morgan fingerprint density at radius 2 is 2.04 bits per heavy atom. The minimum absolute atomic E-state index is 0.242. The molecular formula is C15H24N4O3S2. The number of thiocarbonyl (C=S) groups is 1. The number of hydrogen-bond donors (Lipinski definition) is 3. The van der Waals surface area contributed by atoms with Gasteiger partial charge in [-0.2, -0.15) is 0 Å². The Morgan fingerprint density at radius 1 is 1.33 bits per heavy atom. The fourth-order valence-corrected chi connectivity index (χ4v) is 3.62. The van der Waals surface area contributed by atoms with Gasteiger partial charge in [-0.25, -0.2) is 13.1 Å². The predicted octanol–water partition coefficient (Wildman–Crippen LogP) is 0.522. The van der Waals surface area contributed by atoms with Crippen molar-refractivity contribution in [3.8, 4) is 0 Å². The molecule has 0 bridgehead atoms. The lowest BCUT2D eigenvalue weighted by atomic mass is 10.2. The number of benzene rings is 1. The molecule has 0 unspecified atom stereocenters. The number of rotatable bonds is 6. The van der Waals surface area contributed by atoms with E-state index in [1.165, 1.54) is 7.05 Å². The van der Waals surface area contributed by atoms with Crippen molar-refractivity contribution >= 4 is 33.0 Å². The van der Waals surface area contributed by atoms with E-state index >= 15 is 0 Å². The van der Waals surface area contributed by atoms with Gasteiger partial charge >= 0.3 is 0 Å². The maximum Gasteiger partial charge on any atom is 0.240 e. The summed E-state index contributed by atoms with van der Waals surface area (Å²) in [5.41, 5.74) is 1.32. The molecule has 134 valence electrons. The van der Waals surface area contributed by atoms with Gasteiger partial charge in [0.2, 0.25) is 10.0 Å². The van der Waals surface area contributed by atoms with E-state index in [2.05, 4.69) is 20.3 Å². The van der Waals surface area contributed by atoms with Crippen LogP contribution in [0.25, 0.3) is 0 Å². The molecule has 0 amide bonds. The third-order valence-corrected chi connectivity index (χ3v) is 5.62. The van der Waals surface area contributed by atoms with Crippen molar-refractivity contribution in [1.29, 1.82) is 0 Å². The van der Waals surface area contributed by atoms with E-state index in [4.69, 9.17) is 17.0 Å². The first-order chi connectivity index (χ1) is 11.4. The van der Waals surface area contributed by atoms with Crippen molar-refractivity contribution in [2.45, 2.75) is 11.8 Å². The molecule has 0 saturated carbocycles. The molecule has 0 aromatic heterocycles. The maximum atomic E-state index is 12.0. The van der Waals surface area contributed by atoms with Gasteiger partial charge in [-0.15, -0.1) is 0 Å². The molecule has 1 aromatic rings. The van der Waals surface area contributed by atoms with Gasteiger partial charge in [-0.05, 0) is 43.9 Å². The van der Waals surface area contributed by atoms with Crippen LogP contribution < -0.4 is 15.4 Å². The lowest BCUT2D eigenvalue weighted by Crippen LogP contribution is -2.42. The molecule has 1 aromatic carbocycles. The largest absolute Gasteiger partial charge is 0.379 e. The van der Waals surface area contributed by atoms with E-state index in [0.29, 0.717) is 16.4 Å². The number of sulfonamides is 1. The van der Waals surface area contributed by atoms with E-state index in [1.807, 2.05) is 0 Å². The van der Waals surface area contributed by atoms with Crippen LogP contribution in [0.1, 0.15) is 5.56 Å². The zero-order valence-electron chi connectivity index (χ0n) is 14.0. The summed E-state index contributed by atoms with van der Waals surface area (Å²) in [4.78, 5) is 2.55. The van der Waals surface area contributed by atoms with Crippen LogP contribution >= 0.6 is 12.2 Å². The quantitative estimate of drug-likeness (QED) is 0.628. The van der Waals surface area contributed by atoms with Gasteiger partial charge in [0.15, 0.2) is 5.11 Å². The van der Waals surface area contributed by atoms with Crippen molar-refractivity contribution in [3.63, 3.8) is 0 Å². The summed E-state index contributed by atoms with van der Waals surface area (Å²) in [6.07, 6.45) is 0. The van der Waals surface area contributed by atoms with Crippen LogP contribution in [0.4, 0.5) is 5.69 Å². The summed E-state index contributed by atoms with van der Waals surface area (Å²) in [6, 6.07) is 5.14. The second kappa shape index (κ2) is 8.72. The molecule has 0 radical (unpaired) electrons. The minimum atomic E-state index is -3.49. The minimum Gasteiger partial charge on any atom is -0.379 e. The summed E-state index contributed by atoms with van der Waals surface area (Å²) in [5.74, 6) is 0. The molecule has 1 saturated heterocycles. The van der Waals surface area contributed by atoms with Gasteiger partial charge in [0.1, 0.15) is 0 Å². The van der Waals surface area contributed by atoms with Gasteiger partial charge in [-0.1, -0.05) is 6.07 Å². The number of nitrogens with zero attached hydrogens (tertiary/aromatic N) is 1. The zero-order valence-corrected chi connectivity index (χ0v) is 15.6. The molecule has 1 aliphatic heterocycles. The number of nitrogens with one attached hydrogen (secondary N) is 3. The molecule has 1 aliphatic rings. The third kappa shape index (κ3) is 5.38. The van der Waals surface area contributed by atoms with Crippen molar-refractivity contribution in [1.82, 2.24) is 14.9 Å². The molecule has 1 fully saturated rings. The molecule has 9 heteroatoms. The summed E-state index contributed by atoms with van der Waals surface area (Å²) >= 11 is 5.27. The number of morpholine rings is 1. The highest BCUT2D eigenvalue weighted by Gasteiger charge is 2.15. The van der Waals surface area contributed by atoms with Crippen LogP contribution in [0.5, 0.6) is 0 Å². The standard InChI is InChI=1S/C15H24N4O3S2/c1-12-3-4-13(11-14(12)24(20,21)16-2)18-15(23)17-5-6-19-7-9-22-10-8-19/h3-4,11,16H,5-10H2,1-2H3,(H2,17,18,23). The molecule has 2 rings (SSSR count). The summed E-state index contributed by atoms with van der Waals surface area (Å²) in [7, 11) is -2.10. The first kappa shape index (κ1) is 19.1. The van der Waals surface area contributed by atoms with E-state index in [9.17, 15) is 8.42 Å². The topological polar surface area (TPSA) is 82.7 Å². The van der Waals surface area contributed by atoms with Crippen LogP contribution in [-0.2, 0) is 14.8 Å². The number of anilines is 1. The molecule has 7 nitrogen and oxygen atoms in total. The highest BCUT2D eigenvalue weighted by atomic mass is 32.2. The first-order valence-corrected chi connectivity index (χ1v) is 9.70. The van der Waals surface area contributed by atoms with Crippen LogP contribution in [0.3, 0.4) is 0 Å². The van der Waals surface area contributed by atoms with Crippen molar-refractivity contribution in [2.75, 3.05) is 51.8 Å². The Labute approximate surface area is 148 Å². The van der Waals surface area contributed by atoms with E-state index in [0.717, 1.165) is 39.4 Å². The summed E-state index contributed by atoms with van der Waals surface area (Å²) < 4.78 is 31.6. The Hall–Kier alpha value is -1.26. The van der Waals surface area contributed by atoms with E-state index in [-0.39, 0.29) is 4.90 Å². The van der Waals surface area contributed by atoms with Crippen molar-refractivity contribution in [3.05, 3.63) is 23.8 Å². The first-order valence-electron chi connectivity index (χ1n) is 7.81. The molecule has 3 N–H and O–H groups in total. The average molecular weight is 373 g/mol.